The summed E-state index contributed by atoms with van der Waals surface area (Å²) in [5.41, 5.74) is 0. The van der Waals surface area contributed by atoms with Gasteiger partial charge in [-0.15, -0.1) is 0 Å². The Morgan fingerprint density at radius 3 is 2.80 bits per heavy atom. The Morgan fingerprint density at radius 1 is 1.47 bits per heavy atom. The molecule has 15 heavy (non-hydrogen) atoms. The summed E-state index contributed by atoms with van der Waals surface area (Å²) in [7, 11) is 1.78. The van der Waals surface area contributed by atoms with Gasteiger partial charge in [-0.2, -0.15) is 0 Å². The molecule has 2 atom stereocenters. The quantitative estimate of drug-likeness (QED) is 0.692. The molecule has 1 aliphatic rings. The van der Waals surface area contributed by atoms with Gasteiger partial charge in [0.05, 0.1) is 6.61 Å². The lowest BCUT2D eigenvalue weighted by Gasteiger charge is -2.23. The van der Waals surface area contributed by atoms with Crippen LogP contribution in [0.2, 0.25) is 0 Å². The fourth-order valence-electron chi connectivity index (χ4n) is 2.39. The topological polar surface area (TPSA) is 24.5 Å². The number of likely N-dealkylation sites (tertiary alicyclic amines) is 1. The molecule has 0 radical (unpaired) electrons. The molecule has 1 N–H and O–H groups in total. The first kappa shape index (κ1) is 12.9. The van der Waals surface area contributed by atoms with Crippen LogP contribution in [0.5, 0.6) is 0 Å². The molecular formula is C12H26N2O. The summed E-state index contributed by atoms with van der Waals surface area (Å²) >= 11 is 0. The highest BCUT2D eigenvalue weighted by molar-refractivity contribution is 4.79. The Balaban J connectivity index is 2.25. The summed E-state index contributed by atoms with van der Waals surface area (Å²) in [4.78, 5) is 2.57. The Kier molecular flexibility index (Phi) is 6.22. The van der Waals surface area contributed by atoms with Crippen LogP contribution in [0, 0.1) is 5.92 Å². The van der Waals surface area contributed by atoms with Crippen LogP contribution in [0.25, 0.3) is 0 Å². The molecule has 3 heteroatoms. The largest absolute Gasteiger partial charge is 0.383 e. The maximum Gasteiger partial charge on any atom is 0.0628 e. The summed E-state index contributed by atoms with van der Waals surface area (Å²) in [6, 6.07) is 0.496. The number of hydrogen-bond donors (Lipinski definition) is 1. The van der Waals surface area contributed by atoms with Crippen LogP contribution in [0.1, 0.15) is 26.7 Å². The summed E-state index contributed by atoms with van der Waals surface area (Å²) in [5.74, 6) is 0.926. The number of likely N-dealkylation sites (N-methyl/N-ethyl adjacent to an activating group) is 1. The molecule has 90 valence electrons. The van der Waals surface area contributed by atoms with E-state index in [4.69, 9.17) is 4.74 Å². The molecule has 0 spiro atoms. The molecule has 0 aromatic heterocycles. The summed E-state index contributed by atoms with van der Waals surface area (Å²) < 4.78 is 5.23. The van der Waals surface area contributed by atoms with Crippen LogP contribution < -0.4 is 5.32 Å². The van der Waals surface area contributed by atoms with Crippen molar-refractivity contribution in [2.45, 2.75) is 32.7 Å². The van der Waals surface area contributed by atoms with Crippen molar-refractivity contribution in [2.75, 3.05) is 39.9 Å². The minimum Gasteiger partial charge on any atom is -0.383 e. The molecule has 1 heterocycles. The first-order valence-corrected chi connectivity index (χ1v) is 6.24. The van der Waals surface area contributed by atoms with Crippen molar-refractivity contribution in [1.82, 2.24) is 10.2 Å². The number of nitrogens with zero attached hydrogens (tertiary/aromatic N) is 1. The fourth-order valence-corrected chi connectivity index (χ4v) is 2.39. The number of rotatable bonds is 7. The minimum absolute atomic E-state index is 0.496. The molecule has 1 fully saturated rings. The van der Waals surface area contributed by atoms with Gasteiger partial charge in [-0.05, 0) is 25.4 Å². The maximum atomic E-state index is 5.23. The Labute approximate surface area is 94.2 Å². The van der Waals surface area contributed by atoms with Gasteiger partial charge in [0.15, 0.2) is 0 Å². The number of hydrogen-bond acceptors (Lipinski definition) is 3. The second-order valence-electron chi connectivity index (χ2n) is 4.53. The molecule has 1 aliphatic heterocycles. The molecule has 0 aromatic rings. The van der Waals surface area contributed by atoms with Crippen LogP contribution in [-0.4, -0.2) is 50.8 Å². The first-order valence-electron chi connectivity index (χ1n) is 6.24. The third-order valence-electron chi connectivity index (χ3n) is 3.29. The Bertz CT molecular complexity index is 158. The van der Waals surface area contributed by atoms with Gasteiger partial charge in [-0.3, -0.25) is 0 Å². The second-order valence-corrected chi connectivity index (χ2v) is 4.53. The van der Waals surface area contributed by atoms with Crippen molar-refractivity contribution in [3.63, 3.8) is 0 Å². The van der Waals surface area contributed by atoms with E-state index in [1.54, 1.807) is 7.11 Å². The molecule has 1 rings (SSSR count). The zero-order chi connectivity index (χ0) is 11.1. The first-order chi connectivity index (χ1) is 7.30. The molecule has 0 amide bonds. The van der Waals surface area contributed by atoms with Crippen LogP contribution in [0.15, 0.2) is 0 Å². The molecular weight excluding hydrogens is 188 g/mol. The Morgan fingerprint density at radius 2 is 2.27 bits per heavy atom. The number of nitrogens with one attached hydrogen (secondary N) is 1. The van der Waals surface area contributed by atoms with Crippen LogP contribution in [-0.2, 0) is 4.74 Å². The normalized spacial score (nSPS) is 24.6. The van der Waals surface area contributed by atoms with Gasteiger partial charge in [0.1, 0.15) is 0 Å². The standard InChI is InChI=1S/C12H26N2O/c1-4-11-6-7-14(8-11)9-12(10-15-3)13-5-2/h11-13H,4-10H2,1-3H3. The highest BCUT2D eigenvalue weighted by atomic mass is 16.5. The van der Waals surface area contributed by atoms with Gasteiger partial charge in [0.25, 0.3) is 0 Å². The van der Waals surface area contributed by atoms with E-state index in [2.05, 4.69) is 24.1 Å². The highest BCUT2D eigenvalue weighted by Gasteiger charge is 2.22. The van der Waals surface area contributed by atoms with Gasteiger partial charge in [-0.25, -0.2) is 0 Å². The average Bonchev–Trinajstić information content (AvgIpc) is 2.66. The van der Waals surface area contributed by atoms with E-state index in [1.807, 2.05) is 0 Å². The average molecular weight is 214 g/mol. The van der Waals surface area contributed by atoms with Gasteiger partial charge < -0.3 is 15.0 Å². The lowest BCUT2D eigenvalue weighted by molar-refractivity contribution is 0.145. The minimum atomic E-state index is 0.496. The van der Waals surface area contributed by atoms with E-state index in [-0.39, 0.29) is 0 Å². The van der Waals surface area contributed by atoms with Crippen molar-refractivity contribution in [1.29, 1.82) is 0 Å². The zero-order valence-electron chi connectivity index (χ0n) is 10.5. The monoisotopic (exact) mass is 214 g/mol. The molecule has 0 aliphatic carbocycles. The number of methoxy groups -OCH3 is 1. The molecule has 1 saturated heterocycles. The molecule has 0 saturated carbocycles. The predicted molar refractivity (Wildman–Crippen MR) is 64.2 cm³/mol. The smallest absolute Gasteiger partial charge is 0.0628 e. The van der Waals surface area contributed by atoms with Crippen LogP contribution in [0.3, 0.4) is 0 Å². The third-order valence-corrected chi connectivity index (χ3v) is 3.29. The van der Waals surface area contributed by atoms with Crippen molar-refractivity contribution < 1.29 is 4.74 Å². The van der Waals surface area contributed by atoms with Crippen LogP contribution in [0.4, 0.5) is 0 Å². The zero-order valence-corrected chi connectivity index (χ0v) is 10.5. The summed E-state index contributed by atoms with van der Waals surface area (Å²) in [6.45, 7) is 9.98. The maximum absolute atomic E-state index is 5.23. The van der Waals surface area contributed by atoms with Gasteiger partial charge in [0, 0.05) is 26.2 Å². The van der Waals surface area contributed by atoms with Crippen LogP contribution >= 0.6 is 0 Å². The van der Waals surface area contributed by atoms with Crippen molar-refractivity contribution in [2.24, 2.45) is 5.92 Å². The van der Waals surface area contributed by atoms with Crippen molar-refractivity contribution >= 4 is 0 Å². The third kappa shape index (κ3) is 4.49. The van der Waals surface area contributed by atoms with E-state index in [0.717, 1.165) is 25.6 Å². The second kappa shape index (κ2) is 7.20. The molecule has 0 bridgehead atoms. The van der Waals surface area contributed by atoms with Gasteiger partial charge in [0.2, 0.25) is 0 Å². The summed E-state index contributed by atoms with van der Waals surface area (Å²) in [6.07, 6.45) is 2.70. The van der Waals surface area contributed by atoms with E-state index in [9.17, 15) is 0 Å². The lowest BCUT2D eigenvalue weighted by atomic mass is 10.1. The van der Waals surface area contributed by atoms with E-state index in [1.165, 1.54) is 25.9 Å². The van der Waals surface area contributed by atoms with Crippen molar-refractivity contribution in [3.8, 4) is 0 Å². The van der Waals surface area contributed by atoms with Crippen molar-refractivity contribution in [3.05, 3.63) is 0 Å². The molecule has 2 unspecified atom stereocenters. The number of ether oxygens (including phenoxy) is 1. The lowest BCUT2D eigenvalue weighted by Crippen LogP contribution is -2.43. The molecule has 0 aromatic carbocycles. The highest BCUT2D eigenvalue weighted by Crippen LogP contribution is 2.18. The molecule has 3 nitrogen and oxygen atoms in total. The SMILES string of the molecule is CCNC(COC)CN1CCC(CC)C1. The van der Waals surface area contributed by atoms with Gasteiger partial charge >= 0.3 is 0 Å². The fraction of sp³-hybridized carbons (Fsp3) is 1.00. The predicted octanol–water partition coefficient (Wildman–Crippen LogP) is 1.34. The Hall–Kier alpha value is -0.120. The van der Waals surface area contributed by atoms with E-state index >= 15 is 0 Å². The summed E-state index contributed by atoms with van der Waals surface area (Å²) in [5, 5.41) is 3.48. The van der Waals surface area contributed by atoms with E-state index in [0.29, 0.717) is 6.04 Å². The van der Waals surface area contributed by atoms with Gasteiger partial charge in [-0.1, -0.05) is 20.3 Å². The van der Waals surface area contributed by atoms with E-state index < -0.39 is 0 Å².